The van der Waals surface area contributed by atoms with Crippen LogP contribution in [0.1, 0.15) is 33.4 Å². The first-order valence-electron chi connectivity index (χ1n) is 7.45. The van der Waals surface area contributed by atoms with Gasteiger partial charge in [-0.1, -0.05) is 13.0 Å². The van der Waals surface area contributed by atoms with Gasteiger partial charge in [-0.2, -0.15) is 0 Å². The van der Waals surface area contributed by atoms with Crippen LogP contribution < -0.4 is 10.1 Å². The number of pyridine rings is 1. The van der Waals surface area contributed by atoms with Crippen LogP contribution in [0, 0.1) is 5.92 Å². The van der Waals surface area contributed by atoms with Gasteiger partial charge in [0.1, 0.15) is 5.60 Å². The number of aromatic nitrogens is 1. The highest BCUT2D eigenvalue weighted by Gasteiger charge is 2.17. The van der Waals surface area contributed by atoms with Crippen molar-refractivity contribution < 1.29 is 19.4 Å². The number of carboxylic acid groups (broad SMARTS) is 1. The molecule has 1 unspecified atom stereocenters. The fourth-order valence-electron chi connectivity index (χ4n) is 1.80. The van der Waals surface area contributed by atoms with E-state index in [9.17, 15) is 9.59 Å². The van der Waals surface area contributed by atoms with Crippen LogP contribution in [0.2, 0.25) is 0 Å². The molecule has 7 heteroatoms. The summed E-state index contributed by atoms with van der Waals surface area (Å²) >= 11 is 0. The molecule has 2 amide bonds. The molecule has 1 aromatic rings. The molecule has 0 aromatic carbocycles. The molecule has 0 saturated carbocycles. The summed E-state index contributed by atoms with van der Waals surface area (Å²) in [4.78, 5) is 28.4. The minimum atomic E-state index is -0.932. The number of urea groups is 1. The molecule has 0 aliphatic rings. The van der Waals surface area contributed by atoms with E-state index in [2.05, 4.69) is 10.3 Å². The number of carboxylic acids is 1. The van der Waals surface area contributed by atoms with E-state index in [0.717, 1.165) is 0 Å². The Kier molecular flexibility index (Phi) is 6.36. The van der Waals surface area contributed by atoms with E-state index >= 15 is 0 Å². The smallest absolute Gasteiger partial charge is 0.317 e. The van der Waals surface area contributed by atoms with E-state index in [4.69, 9.17) is 9.84 Å². The molecule has 1 rings (SSSR count). The van der Waals surface area contributed by atoms with Gasteiger partial charge < -0.3 is 20.1 Å². The molecule has 0 saturated heterocycles. The topological polar surface area (TPSA) is 91.8 Å². The Morgan fingerprint density at radius 2 is 2.04 bits per heavy atom. The maximum Gasteiger partial charge on any atom is 0.317 e. The number of rotatable bonds is 6. The van der Waals surface area contributed by atoms with Gasteiger partial charge in [-0.3, -0.25) is 4.79 Å². The number of aliphatic carboxylic acids is 1. The Labute approximate surface area is 136 Å². The van der Waals surface area contributed by atoms with Crippen molar-refractivity contribution in [1.82, 2.24) is 15.2 Å². The second-order valence-electron chi connectivity index (χ2n) is 6.46. The fourth-order valence-corrected chi connectivity index (χ4v) is 1.80. The first-order chi connectivity index (χ1) is 10.6. The second kappa shape index (κ2) is 7.80. The largest absolute Gasteiger partial charge is 0.481 e. The molecule has 0 fully saturated rings. The van der Waals surface area contributed by atoms with Crippen LogP contribution in [0.3, 0.4) is 0 Å². The Balaban J connectivity index is 2.56. The van der Waals surface area contributed by atoms with Crippen molar-refractivity contribution in [3.05, 3.63) is 23.9 Å². The molecule has 128 valence electrons. The van der Waals surface area contributed by atoms with Crippen LogP contribution in [-0.4, -0.2) is 46.2 Å². The molecule has 1 heterocycles. The van der Waals surface area contributed by atoms with Gasteiger partial charge in [0.2, 0.25) is 5.88 Å². The number of nitrogens with one attached hydrogen (secondary N) is 1. The maximum atomic E-state index is 12.0. The summed E-state index contributed by atoms with van der Waals surface area (Å²) in [7, 11) is 1.56. The number of carbonyl (C=O) groups excluding carboxylic acids is 1. The number of carbonyl (C=O) groups is 2. The Morgan fingerprint density at radius 1 is 1.39 bits per heavy atom. The lowest BCUT2D eigenvalue weighted by Gasteiger charge is -2.21. The van der Waals surface area contributed by atoms with Gasteiger partial charge in [0.05, 0.1) is 18.2 Å². The van der Waals surface area contributed by atoms with Crippen molar-refractivity contribution in [1.29, 1.82) is 0 Å². The van der Waals surface area contributed by atoms with Crippen molar-refractivity contribution in [3.8, 4) is 5.88 Å². The number of nitrogens with zero attached hydrogens (tertiary/aromatic N) is 2. The first kappa shape index (κ1) is 18.7. The zero-order valence-electron chi connectivity index (χ0n) is 14.3. The van der Waals surface area contributed by atoms with E-state index < -0.39 is 11.9 Å². The first-order valence-corrected chi connectivity index (χ1v) is 7.45. The van der Waals surface area contributed by atoms with Crippen LogP contribution in [0.5, 0.6) is 5.88 Å². The summed E-state index contributed by atoms with van der Waals surface area (Å²) in [5, 5.41) is 11.6. The lowest BCUT2D eigenvalue weighted by Crippen LogP contribution is -2.40. The summed E-state index contributed by atoms with van der Waals surface area (Å²) in [5.41, 5.74) is 0.321. The molecule has 1 atom stereocenters. The SMILES string of the molecule is CC(CN(C)C(=O)NCc1cccc(OC(C)(C)C)n1)C(=O)O. The fraction of sp³-hybridized carbons (Fsp3) is 0.562. The summed E-state index contributed by atoms with van der Waals surface area (Å²) in [6.07, 6.45) is 0. The molecule has 7 nitrogen and oxygen atoms in total. The van der Waals surface area contributed by atoms with Crippen LogP contribution >= 0.6 is 0 Å². The Hall–Kier alpha value is -2.31. The number of amides is 2. The van der Waals surface area contributed by atoms with Crippen LogP contribution in [0.4, 0.5) is 4.79 Å². The number of hydrogen-bond acceptors (Lipinski definition) is 4. The molecule has 23 heavy (non-hydrogen) atoms. The van der Waals surface area contributed by atoms with Gasteiger partial charge in [-0.15, -0.1) is 0 Å². The van der Waals surface area contributed by atoms with Crippen molar-refractivity contribution in [3.63, 3.8) is 0 Å². The van der Waals surface area contributed by atoms with Crippen molar-refractivity contribution in [2.75, 3.05) is 13.6 Å². The van der Waals surface area contributed by atoms with Gasteiger partial charge in [0.25, 0.3) is 0 Å². The minimum Gasteiger partial charge on any atom is -0.481 e. The Bertz CT molecular complexity index is 555. The van der Waals surface area contributed by atoms with Crippen molar-refractivity contribution >= 4 is 12.0 Å². The zero-order chi connectivity index (χ0) is 17.6. The van der Waals surface area contributed by atoms with Gasteiger partial charge >= 0.3 is 12.0 Å². The summed E-state index contributed by atoms with van der Waals surface area (Å²) in [6.45, 7) is 7.74. The second-order valence-corrected chi connectivity index (χ2v) is 6.46. The summed E-state index contributed by atoms with van der Waals surface area (Å²) in [5.74, 6) is -1.05. The molecular weight excluding hydrogens is 298 g/mol. The van der Waals surface area contributed by atoms with Gasteiger partial charge in [0, 0.05) is 19.7 Å². The van der Waals surface area contributed by atoms with E-state index in [1.807, 2.05) is 26.8 Å². The minimum absolute atomic E-state index is 0.141. The average Bonchev–Trinajstić information content (AvgIpc) is 2.43. The van der Waals surface area contributed by atoms with Crippen LogP contribution in [0.25, 0.3) is 0 Å². The predicted molar refractivity (Wildman–Crippen MR) is 86.3 cm³/mol. The van der Waals surface area contributed by atoms with Gasteiger partial charge in [-0.25, -0.2) is 9.78 Å². The normalized spacial score (nSPS) is 12.4. The average molecular weight is 323 g/mol. The molecule has 0 spiro atoms. The highest BCUT2D eigenvalue weighted by molar-refractivity contribution is 5.75. The number of ether oxygens (including phenoxy) is 1. The van der Waals surface area contributed by atoms with Crippen molar-refractivity contribution in [2.45, 2.75) is 39.8 Å². The van der Waals surface area contributed by atoms with Gasteiger partial charge in [-0.05, 0) is 26.8 Å². The van der Waals surface area contributed by atoms with Crippen molar-refractivity contribution in [2.24, 2.45) is 5.92 Å². The highest BCUT2D eigenvalue weighted by Crippen LogP contribution is 2.15. The summed E-state index contributed by atoms with van der Waals surface area (Å²) in [6, 6.07) is 5.01. The molecule has 0 aliphatic heterocycles. The molecule has 0 bridgehead atoms. The van der Waals surface area contributed by atoms with E-state index in [1.54, 1.807) is 26.1 Å². The van der Waals surface area contributed by atoms with E-state index in [-0.39, 0.29) is 24.7 Å². The zero-order valence-corrected chi connectivity index (χ0v) is 14.3. The highest BCUT2D eigenvalue weighted by atomic mass is 16.5. The standard InChI is InChI=1S/C16H25N3O4/c1-11(14(20)21)10-19(5)15(22)17-9-12-7-6-8-13(18-12)23-16(2,3)4/h6-8,11H,9-10H2,1-5H3,(H,17,22)(H,20,21). The predicted octanol–water partition coefficient (Wildman–Crippen LogP) is 2.12. The third kappa shape index (κ3) is 6.99. The molecule has 0 aliphatic carbocycles. The monoisotopic (exact) mass is 323 g/mol. The molecule has 1 aromatic heterocycles. The van der Waals surface area contributed by atoms with Crippen LogP contribution in [0.15, 0.2) is 18.2 Å². The third-order valence-corrected chi connectivity index (χ3v) is 2.93. The molecular formula is C16H25N3O4. The third-order valence-electron chi connectivity index (χ3n) is 2.93. The van der Waals surface area contributed by atoms with Gasteiger partial charge in [0.15, 0.2) is 0 Å². The quantitative estimate of drug-likeness (QED) is 0.836. The number of hydrogen-bond donors (Lipinski definition) is 2. The van der Waals surface area contributed by atoms with E-state index in [1.165, 1.54) is 4.90 Å². The lowest BCUT2D eigenvalue weighted by atomic mass is 10.2. The van der Waals surface area contributed by atoms with Crippen LogP contribution in [-0.2, 0) is 11.3 Å². The molecule has 2 N–H and O–H groups in total. The molecule has 0 radical (unpaired) electrons. The summed E-state index contributed by atoms with van der Waals surface area (Å²) < 4.78 is 5.68. The maximum absolute atomic E-state index is 12.0. The Morgan fingerprint density at radius 3 is 2.61 bits per heavy atom. The lowest BCUT2D eigenvalue weighted by molar-refractivity contribution is -0.141. The van der Waals surface area contributed by atoms with E-state index in [0.29, 0.717) is 11.6 Å².